The number of rotatable bonds is 5. The Bertz CT molecular complexity index is 994. The van der Waals surface area contributed by atoms with E-state index in [4.69, 9.17) is 4.74 Å². The van der Waals surface area contributed by atoms with Crippen LogP contribution in [0.25, 0.3) is 10.9 Å². The van der Waals surface area contributed by atoms with Crippen LogP contribution in [0.2, 0.25) is 0 Å². The van der Waals surface area contributed by atoms with Crippen molar-refractivity contribution in [2.45, 2.75) is 37.5 Å². The van der Waals surface area contributed by atoms with Gasteiger partial charge in [0.05, 0.1) is 11.7 Å². The number of aryl methyl sites for hydroxylation is 1. The van der Waals surface area contributed by atoms with Crippen LogP contribution in [0.15, 0.2) is 47.2 Å². The zero-order chi connectivity index (χ0) is 19.8. The lowest BCUT2D eigenvalue weighted by Crippen LogP contribution is -2.59. The first-order valence-electron chi connectivity index (χ1n) is 10.4. The lowest BCUT2D eigenvalue weighted by Gasteiger charge is -2.52. The van der Waals surface area contributed by atoms with Gasteiger partial charge in [-0.3, -0.25) is 9.69 Å². The second-order valence-corrected chi connectivity index (χ2v) is 9.17. The number of hydrogen-bond acceptors (Lipinski definition) is 4. The highest BCUT2D eigenvalue weighted by Crippen LogP contribution is 2.41. The molecule has 2 fully saturated rings. The van der Waals surface area contributed by atoms with E-state index in [1.807, 2.05) is 41.9 Å². The number of aromatic nitrogens is 1. The van der Waals surface area contributed by atoms with Gasteiger partial charge in [0.25, 0.3) is 5.91 Å². The van der Waals surface area contributed by atoms with E-state index in [1.54, 1.807) is 11.3 Å². The molecule has 0 aliphatic carbocycles. The van der Waals surface area contributed by atoms with Gasteiger partial charge in [0.15, 0.2) is 0 Å². The second kappa shape index (κ2) is 7.59. The third-order valence-electron chi connectivity index (χ3n) is 6.44. The largest absolute Gasteiger partial charge is 0.370 e. The number of carbonyl (C=O) groups is 1. The number of amides is 1. The highest BCUT2D eigenvalue weighted by Gasteiger charge is 2.47. The van der Waals surface area contributed by atoms with Crippen molar-refractivity contribution >= 4 is 28.1 Å². The van der Waals surface area contributed by atoms with E-state index in [-0.39, 0.29) is 17.6 Å². The molecule has 1 unspecified atom stereocenters. The third-order valence-corrected chi connectivity index (χ3v) is 7.18. The fourth-order valence-electron chi connectivity index (χ4n) is 4.76. The fraction of sp³-hybridized carbons (Fsp3) is 0.435. The molecule has 152 valence electrons. The fourth-order valence-corrected chi connectivity index (χ4v) is 5.42. The molecule has 1 N–H and O–H groups in total. The number of fused-ring (bicyclic) bond motifs is 1. The number of nitrogens with zero attached hydrogens (tertiary/aromatic N) is 2. The SMILES string of the molecule is Cn1c(C(=O)NCC2CC3(CCN(Cc4ccsc4)CC3)O2)cc2ccccc21. The molecule has 1 aromatic carbocycles. The van der Waals surface area contributed by atoms with E-state index in [0.717, 1.165) is 49.8 Å². The van der Waals surface area contributed by atoms with Gasteiger partial charge in [-0.15, -0.1) is 0 Å². The normalized spacial score (nSPS) is 21.3. The Hall–Kier alpha value is -2.15. The van der Waals surface area contributed by atoms with Crippen LogP contribution in [0.5, 0.6) is 0 Å². The standard InChI is InChI=1S/C23H27N3O2S/c1-25-20-5-3-2-4-18(20)12-21(25)22(27)24-14-19-13-23(28-19)7-9-26(10-8-23)15-17-6-11-29-16-17/h2-6,11-12,16,19H,7-10,13-15H2,1H3,(H,24,27). The van der Waals surface area contributed by atoms with Crippen molar-refractivity contribution < 1.29 is 9.53 Å². The van der Waals surface area contributed by atoms with E-state index in [2.05, 4.69) is 27.0 Å². The summed E-state index contributed by atoms with van der Waals surface area (Å²) in [4.78, 5) is 15.2. The monoisotopic (exact) mass is 409 g/mol. The Morgan fingerprint density at radius 1 is 1.28 bits per heavy atom. The summed E-state index contributed by atoms with van der Waals surface area (Å²) in [6.07, 6.45) is 3.36. The molecule has 0 saturated carbocycles. The van der Waals surface area contributed by atoms with E-state index in [0.29, 0.717) is 12.2 Å². The van der Waals surface area contributed by atoms with Crippen molar-refractivity contribution in [2.24, 2.45) is 7.05 Å². The van der Waals surface area contributed by atoms with E-state index in [1.165, 1.54) is 5.56 Å². The maximum atomic E-state index is 12.6. The molecule has 0 bridgehead atoms. The molecule has 2 saturated heterocycles. The molecule has 5 nitrogen and oxygen atoms in total. The smallest absolute Gasteiger partial charge is 0.268 e. The summed E-state index contributed by atoms with van der Waals surface area (Å²) in [5.41, 5.74) is 3.22. The van der Waals surface area contributed by atoms with Crippen LogP contribution >= 0.6 is 11.3 Å². The Morgan fingerprint density at radius 3 is 2.79 bits per heavy atom. The number of piperidine rings is 1. The average molecular weight is 410 g/mol. The van der Waals surface area contributed by atoms with E-state index >= 15 is 0 Å². The topological polar surface area (TPSA) is 46.5 Å². The molecule has 5 rings (SSSR count). The van der Waals surface area contributed by atoms with Gasteiger partial charge in [-0.25, -0.2) is 0 Å². The highest BCUT2D eigenvalue weighted by atomic mass is 32.1. The molecule has 1 atom stereocenters. The Morgan fingerprint density at radius 2 is 2.07 bits per heavy atom. The molecule has 3 aromatic rings. The summed E-state index contributed by atoms with van der Waals surface area (Å²) >= 11 is 1.76. The van der Waals surface area contributed by atoms with Crippen molar-refractivity contribution in [3.05, 3.63) is 58.4 Å². The molecule has 29 heavy (non-hydrogen) atoms. The summed E-state index contributed by atoms with van der Waals surface area (Å²) in [6.45, 7) is 3.81. The summed E-state index contributed by atoms with van der Waals surface area (Å²) < 4.78 is 8.24. The van der Waals surface area contributed by atoms with Gasteiger partial charge in [0, 0.05) is 50.6 Å². The van der Waals surface area contributed by atoms with Gasteiger partial charge >= 0.3 is 0 Å². The van der Waals surface area contributed by atoms with Gasteiger partial charge in [-0.05, 0) is 47.4 Å². The van der Waals surface area contributed by atoms with Crippen molar-refractivity contribution in [3.8, 4) is 0 Å². The summed E-state index contributed by atoms with van der Waals surface area (Å²) in [6, 6.07) is 12.2. The van der Waals surface area contributed by atoms with E-state index < -0.39 is 0 Å². The first-order chi connectivity index (χ1) is 14.1. The van der Waals surface area contributed by atoms with Gasteiger partial charge in [-0.1, -0.05) is 18.2 Å². The van der Waals surface area contributed by atoms with Crippen LogP contribution in [0, 0.1) is 0 Å². The van der Waals surface area contributed by atoms with Crippen LogP contribution in [-0.2, 0) is 18.3 Å². The highest BCUT2D eigenvalue weighted by molar-refractivity contribution is 7.07. The minimum atomic E-state index is -0.0289. The van der Waals surface area contributed by atoms with Crippen LogP contribution in [-0.4, -0.2) is 46.7 Å². The molecular formula is C23H27N3O2S. The zero-order valence-corrected chi connectivity index (χ0v) is 17.6. The Balaban J connectivity index is 1.10. The minimum Gasteiger partial charge on any atom is -0.370 e. The number of carbonyl (C=O) groups excluding carboxylic acids is 1. The van der Waals surface area contributed by atoms with Crippen LogP contribution in [0.1, 0.15) is 35.3 Å². The quantitative estimate of drug-likeness (QED) is 0.697. The van der Waals surface area contributed by atoms with Crippen LogP contribution in [0.4, 0.5) is 0 Å². The van der Waals surface area contributed by atoms with Crippen molar-refractivity contribution in [1.82, 2.24) is 14.8 Å². The second-order valence-electron chi connectivity index (χ2n) is 8.39. The molecule has 2 aliphatic rings. The van der Waals surface area contributed by atoms with E-state index in [9.17, 15) is 4.79 Å². The average Bonchev–Trinajstić information content (AvgIpc) is 3.34. The molecular weight excluding hydrogens is 382 g/mol. The number of para-hydroxylation sites is 1. The number of likely N-dealkylation sites (tertiary alicyclic amines) is 1. The molecule has 0 radical (unpaired) electrons. The number of hydrogen-bond donors (Lipinski definition) is 1. The lowest BCUT2D eigenvalue weighted by molar-refractivity contribution is -0.222. The summed E-state index contributed by atoms with van der Waals surface area (Å²) in [5, 5.41) is 8.54. The maximum absolute atomic E-state index is 12.6. The minimum absolute atomic E-state index is 0.0289. The predicted octanol–water partition coefficient (Wildman–Crippen LogP) is 3.79. The molecule has 6 heteroatoms. The summed E-state index contributed by atoms with van der Waals surface area (Å²) in [5.74, 6) is -0.0289. The van der Waals surface area contributed by atoms with Crippen LogP contribution < -0.4 is 5.32 Å². The van der Waals surface area contributed by atoms with Gasteiger partial charge in [-0.2, -0.15) is 11.3 Å². The lowest BCUT2D eigenvalue weighted by atomic mass is 9.80. The van der Waals surface area contributed by atoms with Gasteiger partial charge in [0.1, 0.15) is 5.69 Å². The van der Waals surface area contributed by atoms with Crippen molar-refractivity contribution in [2.75, 3.05) is 19.6 Å². The Labute approximate surface area is 175 Å². The van der Waals surface area contributed by atoms with Gasteiger partial charge in [0.2, 0.25) is 0 Å². The third kappa shape index (κ3) is 3.72. The number of benzene rings is 1. The molecule has 4 heterocycles. The Kier molecular flexibility index (Phi) is 4.94. The number of nitrogens with one attached hydrogen (secondary N) is 1. The summed E-state index contributed by atoms with van der Waals surface area (Å²) in [7, 11) is 1.94. The maximum Gasteiger partial charge on any atom is 0.268 e. The number of ether oxygens (including phenoxy) is 1. The first-order valence-corrected chi connectivity index (χ1v) is 11.3. The molecule has 2 aliphatic heterocycles. The zero-order valence-electron chi connectivity index (χ0n) is 16.8. The van der Waals surface area contributed by atoms with Gasteiger partial charge < -0.3 is 14.6 Å². The van der Waals surface area contributed by atoms with Crippen LogP contribution in [0.3, 0.4) is 0 Å². The van der Waals surface area contributed by atoms with Crippen molar-refractivity contribution in [1.29, 1.82) is 0 Å². The predicted molar refractivity (Wildman–Crippen MR) is 116 cm³/mol. The molecule has 2 aromatic heterocycles. The molecule has 1 amide bonds. The first kappa shape index (κ1) is 18.9. The number of thiophene rings is 1. The van der Waals surface area contributed by atoms with Crippen molar-refractivity contribution in [3.63, 3.8) is 0 Å². The molecule has 1 spiro atoms.